The second-order valence-corrected chi connectivity index (χ2v) is 8.40. The van der Waals surface area contributed by atoms with E-state index >= 15 is 0 Å². The number of amides is 1. The molecule has 6 heteroatoms. The van der Waals surface area contributed by atoms with Crippen LogP contribution >= 0.6 is 0 Å². The van der Waals surface area contributed by atoms with Gasteiger partial charge in [0.05, 0.1) is 27.2 Å². The molecular formula is C23H49ClN2O3. The van der Waals surface area contributed by atoms with Gasteiger partial charge in [-0.3, -0.25) is 4.79 Å². The van der Waals surface area contributed by atoms with Gasteiger partial charge in [-0.1, -0.05) is 78.2 Å². The summed E-state index contributed by atoms with van der Waals surface area (Å²) in [6.45, 7) is 8.69. The zero-order valence-electron chi connectivity index (χ0n) is 19.5. The van der Waals surface area contributed by atoms with Crippen molar-refractivity contribution in [3.8, 4) is 0 Å². The molecule has 0 saturated carbocycles. The summed E-state index contributed by atoms with van der Waals surface area (Å²) in [5.41, 5.74) is 5.05. The average Bonchev–Trinajstić information content (AvgIpc) is 2.64. The van der Waals surface area contributed by atoms with Crippen molar-refractivity contribution in [2.45, 2.75) is 103 Å². The molecule has 0 fully saturated rings. The maximum absolute atomic E-state index is 10.4. The molecule has 0 heterocycles. The van der Waals surface area contributed by atoms with E-state index in [1.165, 1.54) is 44.9 Å². The second-order valence-electron chi connectivity index (χ2n) is 8.40. The Morgan fingerprint density at radius 2 is 1.48 bits per heavy atom. The third-order valence-electron chi connectivity index (χ3n) is 5.24. The lowest BCUT2D eigenvalue weighted by Gasteiger charge is -2.39. The van der Waals surface area contributed by atoms with Gasteiger partial charge < -0.3 is 32.8 Å². The highest BCUT2D eigenvalue weighted by atomic mass is 35.5. The van der Waals surface area contributed by atoms with Crippen molar-refractivity contribution in [3.05, 3.63) is 12.7 Å². The average molecular weight is 437 g/mol. The smallest absolute Gasteiger partial charge is 0.217 e. The molecule has 0 rings (SSSR count). The number of likely N-dealkylation sites (N-methyl/N-ethyl adjacent to an activating group) is 1. The van der Waals surface area contributed by atoms with Crippen molar-refractivity contribution in [2.24, 2.45) is 5.73 Å². The Hall–Kier alpha value is -0.620. The Morgan fingerprint density at radius 1 is 1.00 bits per heavy atom. The molecule has 5 nitrogen and oxygen atoms in total. The number of aliphatic hydroxyl groups is 2. The summed E-state index contributed by atoms with van der Waals surface area (Å²) in [7, 11) is 4.11. The van der Waals surface area contributed by atoms with E-state index in [9.17, 15) is 9.90 Å². The third-order valence-corrected chi connectivity index (χ3v) is 5.24. The van der Waals surface area contributed by atoms with Gasteiger partial charge in [0, 0.05) is 12.8 Å². The molecule has 0 aromatic heterocycles. The molecule has 1 amide bonds. The van der Waals surface area contributed by atoms with Gasteiger partial charge in [-0.25, -0.2) is 0 Å². The van der Waals surface area contributed by atoms with Crippen LogP contribution in [-0.4, -0.2) is 60.0 Å². The van der Waals surface area contributed by atoms with Gasteiger partial charge in [-0.15, -0.1) is 0 Å². The summed E-state index contributed by atoms with van der Waals surface area (Å²) >= 11 is 0. The van der Waals surface area contributed by atoms with Gasteiger partial charge in [0.15, 0.2) is 0 Å². The minimum Gasteiger partial charge on any atom is -1.00 e. The van der Waals surface area contributed by atoms with Gasteiger partial charge in [-0.2, -0.15) is 0 Å². The van der Waals surface area contributed by atoms with E-state index in [2.05, 4.69) is 34.5 Å². The number of nitrogens with zero attached hydrogens (tertiary/aromatic N) is 1. The van der Waals surface area contributed by atoms with Crippen LogP contribution in [0.25, 0.3) is 0 Å². The summed E-state index contributed by atoms with van der Waals surface area (Å²) < 4.78 is 0.680. The monoisotopic (exact) mass is 436 g/mol. The number of primary amides is 1. The van der Waals surface area contributed by atoms with E-state index in [1.807, 2.05) is 6.08 Å². The van der Waals surface area contributed by atoms with Crippen molar-refractivity contribution in [1.29, 1.82) is 0 Å². The maximum Gasteiger partial charge on any atom is 0.217 e. The lowest BCUT2D eigenvalue weighted by molar-refractivity contribution is -0.913. The van der Waals surface area contributed by atoms with Crippen molar-refractivity contribution < 1.29 is 31.9 Å². The summed E-state index contributed by atoms with van der Waals surface area (Å²) in [5, 5.41) is 18.7. The van der Waals surface area contributed by atoms with E-state index in [1.54, 1.807) is 0 Å². The number of carbonyl (C=O) groups is 1. The number of hydrogen-bond donors (Lipinski definition) is 3. The second kappa shape index (κ2) is 22.1. The lowest BCUT2D eigenvalue weighted by Crippen LogP contribution is -3.00. The predicted molar refractivity (Wildman–Crippen MR) is 120 cm³/mol. The molecule has 0 radical (unpaired) electrons. The van der Waals surface area contributed by atoms with Crippen molar-refractivity contribution >= 4 is 5.91 Å². The Balaban J connectivity index is -0.000000451. The zero-order valence-corrected chi connectivity index (χ0v) is 20.3. The quantitative estimate of drug-likeness (QED) is 0.182. The molecule has 0 aliphatic carbocycles. The molecule has 0 aliphatic rings. The largest absolute Gasteiger partial charge is 1.00 e. The maximum atomic E-state index is 10.4. The Kier molecular flexibility index (Phi) is 25.1. The Morgan fingerprint density at radius 3 is 1.86 bits per heavy atom. The van der Waals surface area contributed by atoms with Crippen LogP contribution in [0.2, 0.25) is 0 Å². The highest BCUT2D eigenvalue weighted by molar-refractivity contribution is 5.73. The molecule has 2 unspecified atom stereocenters. The van der Waals surface area contributed by atoms with Gasteiger partial charge in [0.2, 0.25) is 5.91 Å². The number of carbonyl (C=O) groups excluding carboxylic acids is 1. The van der Waals surface area contributed by atoms with Crippen molar-refractivity contribution in [2.75, 3.05) is 27.2 Å². The minimum absolute atomic E-state index is 0. The zero-order chi connectivity index (χ0) is 21.8. The van der Waals surface area contributed by atoms with Crippen LogP contribution in [0, 0.1) is 0 Å². The third kappa shape index (κ3) is 20.4. The molecule has 29 heavy (non-hydrogen) atoms. The normalized spacial score (nSPS) is 12.9. The van der Waals surface area contributed by atoms with E-state index in [0.29, 0.717) is 10.9 Å². The topological polar surface area (TPSA) is 83.6 Å². The first-order valence-corrected chi connectivity index (χ1v) is 11.3. The first-order valence-electron chi connectivity index (χ1n) is 11.3. The first-order chi connectivity index (χ1) is 13.3. The number of aliphatic hydroxyl groups excluding tert-OH is 2. The van der Waals surface area contributed by atoms with Crippen molar-refractivity contribution in [1.82, 2.24) is 0 Å². The molecule has 4 N–H and O–H groups in total. The fraction of sp³-hybridized carbons (Fsp3) is 0.870. The molecule has 2 atom stereocenters. The molecule has 0 aromatic carbocycles. The lowest BCUT2D eigenvalue weighted by atomic mass is 10.0. The fourth-order valence-electron chi connectivity index (χ4n) is 3.50. The van der Waals surface area contributed by atoms with Crippen LogP contribution < -0.4 is 18.1 Å². The first kappa shape index (κ1) is 33.0. The highest BCUT2D eigenvalue weighted by Crippen LogP contribution is 2.16. The van der Waals surface area contributed by atoms with Crippen LogP contribution in [0.5, 0.6) is 0 Å². The Bertz CT molecular complexity index is 379. The number of quaternary nitrogens is 1. The molecule has 0 aliphatic heterocycles. The Labute approximate surface area is 186 Å². The van der Waals surface area contributed by atoms with E-state index in [-0.39, 0.29) is 31.0 Å². The van der Waals surface area contributed by atoms with Gasteiger partial charge >= 0.3 is 0 Å². The fourth-order valence-corrected chi connectivity index (χ4v) is 3.50. The minimum atomic E-state index is -0.634. The summed E-state index contributed by atoms with van der Waals surface area (Å²) in [5.74, 6) is -0.159. The van der Waals surface area contributed by atoms with E-state index in [0.717, 1.165) is 32.2 Å². The molecule has 0 saturated heterocycles. The number of nitrogens with two attached hydrogens (primary N) is 1. The molecule has 176 valence electrons. The van der Waals surface area contributed by atoms with E-state index in [4.69, 9.17) is 10.8 Å². The van der Waals surface area contributed by atoms with Gasteiger partial charge in [0.1, 0.15) is 12.1 Å². The molecule has 0 bridgehead atoms. The van der Waals surface area contributed by atoms with Crippen LogP contribution in [0.4, 0.5) is 0 Å². The number of unbranched alkanes of at least 4 members (excludes halogenated alkanes) is 8. The number of rotatable bonds is 17. The number of hydrogen-bond acceptors (Lipinski definition) is 3. The van der Waals surface area contributed by atoms with Crippen LogP contribution in [-0.2, 0) is 4.79 Å². The summed E-state index contributed by atoms with van der Waals surface area (Å²) in [6, 6.07) is 0.0861. The van der Waals surface area contributed by atoms with Gasteiger partial charge in [-0.05, 0) is 12.5 Å². The van der Waals surface area contributed by atoms with Gasteiger partial charge in [0.25, 0.3) is 0 Å². The van der Waals surface area contributed by atoms with E-state index < -0.39 is 6.10 Å². The molecule has 0 spiro atoms. The summed E-state index contributed by atoms with van der Waals surface area (Å²) in [4.78, 5) is 10.4. The molecular weight excluding hydrogens is 388 g/mol. The molecule has 0 aromatic rings. The predicted octanol–water partition coefficient (Wildman–Crippen LogP) is 1.17. The SMILES string of the molecule is C=CC[N+](C)(C)C(CCC)C(O)CO.CCCCCCCCCCCC(N)=O.[Cl-]. The van der Waals surface area contributed by atoms with Crippen LogP contribution in [0.1, 0.15) is 90.9 Å². The standard InChI is InChI=1S/C12H25NO.C11H24NO2.ClH/c1-2-3-4-5-6-7-8-9-10-11-12(13)14;1-5-7-10(11(14)9-13)12(3,4)8-6-2;/h2-11H2,1H3,(H2,13,14);6,10-11,13-14H,2,5,7-9H2,1,3-4H3;1H/q;+1;/p-1. The number of halogens is 1. The summed E-state index contributed by atoms with van der Waals surface area (Å²) in [6.07, 6.45) is 15.3. The van der Waals surface area contributed by atoms with Crippen LogP contribution in [0.15, 0.2) is 12.7 Å². The van der Waals surface area contributed by atoms with Crippen molar-refractivity contribution in [3.63, 3.8) is 0 Å². The highest BCUT2D eigenvalue weighted by Gasteiger charge is 2.32. The van der Waals surface area contributed by atoms with Crippen LogP contribution in [0.3, 0.4) is 0 Å².